The summed E-state index contributed by atoms with van der Waals surface area (Å²) in [5.74, 6) is 0.745. The normalized spacial score (nSPS) is 25.3. The predicted molar refractivity (Wildman–Crippen MR) is 115 cm³/mol. The van der Waals surface area contributed by atoms with Crippen molar-refractivity contribution < 1.29 is 9.90 Å². The maximum Gasteiger partial charge on any atom is 0.308 e. The molecule has 4 heterocycles. The Labute approximate surface area is 178 Å². The zero-order valence-corrected chi connectivity index (χ0v) is 17.1. The van der Waals surface area contributed by atoms with Crippen molar-refractivity contribution in [3.05, 3.63) is 31.0 Å². The fourth-order valence-electron chi connectivity index (χ4n) is 5.58. The molecule has 3 saturated carbocycles. The highest BCUT2D eigenvalue weighted by Gasteiger charge is 2.47. The van der Waals surface area contributed by atoms with Crippen LogP contribution in [0, 0.1) is 17.8 Å². The first-order valence-electron chi connectivity index (χ1n) is 10.7. The van der Waals surface area contributed by atoms with E-state index in [4.69, 9.17) is 9.97 Å². The van der Waals surface area contributed by atoms with Gasteiger partial charge in [0.1, 0.15) is 23.4 Å². The highest BCUT2D eigenvalue weighted by molar-refractivity contribution is 5.94. The Balaban J connectivity index is 1.48. The second kappa shape index (κ2) is 6.76. The van der Waals surface area contributed by atoms with Gasteiger partial charge in [0.25, 0.3) is 0 Å². The van der Waals surface area contributed by atoms with Crippen LogP contribution in [0.3, 0.4) is 0 Å². The minimum Gasteiger partial charge on any atom is -0.481 e. The number of aliphatic carboxylic acids is 1. The van der Waals surface area contributed by atoms with Crippen LogP contribution in [0.15, 0.2) is 31.0 Å². The maximum atomic E-state index is 12.1. The lowest BCUT2D eigenvalue weighted by molar-refractivity contribution is -0.148. The van der Waals surface area contributed by atoms with Crippen LogP contribution in [0.1, 0.15) is 25.7 Å². The van der Waals surface area contributed by atoms with E-state index in [9.17, 15) is 9.90 Å². The fraction of sp³-hybridized carbons (Fsp3) is 0.409. The second-order valence-corrected chi connectivity index (χ2v) is 8.76. The number of anilines is 1. The molecule has 3 N–H and O–H groups in total. The molecule has 31 heavy (non-hydrogen) atoms. The van der Waals surface area contributed by atoms with Gasteiger partial charge < -0.3 is 20.0 Å². The summed E-state index contributed by atoms with van der Waals surface area (Å²) in [6, 6.07) is 1.86. The van der Waals surface area contributed by atoms with Crippen LogP contribution < -0.4 is 5.32 Å². The number of nitrogens with one attached hydrogen (secondary N) is 2. The first-order chi connectivity index (χ1) is 15.1. The zero-order chi connectivity index (χ0) is 21.1. The van der Waals surface area contributed by atoms with Crippen molar-refractivity contribution in [1.82, 2.24) is 29.5 Å². The lowest BCUT2D eigenvalue weighted by atomic mass is 9.61. The third kappa shape index (κ3) is 2.79. The number of hydrogen-bond donors (Lipinski definition) is 3. The third-order valence-electron chi connectivity index (χ3n) is 7.13. The number of rotatable bonds is 4. The lowest BCUT2D eigenvalue weighted by Crippen LogP contribution is -2.51. The summed E-state index contributed by atoms with van der Waals surface area (Å²) < 4.78 is 1.96. The Kier molecular flexibility index (Phi) is 3.99. The van der Waals surface area contributed by atoms with Crippen LogP contribution in [-0.2, 0) is 11.8 Å². The van der Waals surface area contributed by atoms with Crippen molar-refractivity contribution in [3.63, 3.8) is 0 Å². The van der Waals surface area contributed by atoms with Crippen molar-refractivity contribution in [3.8, 4) is 11.4 Å². The molecule has 0 saturated heterocycles. The van der Waals surface area contributed by atoms with Gasteiger partial charge in [-0.05, 0) is 43.6 Å². The number of hydrogen-bond acceptors (Lipinski definition) is 6. The van der Waals surface area contributed by atoms with E-state index < -0.39 is 5.97 Å². The van der Waals surface area contributed by atoms with Gasteiger partial charge in [-0.2, -0.15) is 0 Å². The molecule has 9 heteroatoms. The molecule has 0 spiro atoms. The molecule has 9 nitrogen and oxygen atoms in total. The van der Waals surface area contributed by atoms with E-state index in [1.807, 2.05) is 30.1 Å². The number of carboxylic acid groups (broad SMARTS) is 1. The quantitative estimate of drug-likeness (QED) is 0.466. The molecule has 158 valence electrons. The molecule has 3 aliphatic rings. The molecule has 0 amide bonds. The van der Waals surface area contributed by atoms with Crippen molar-refractivity contribution in [2.45, 2.75) is 31.7 Å². The van der Waals surface area contributed by atoms with E-state index in [2.05, 4.69) is 20.3 Å². The van der Waals surface area contributed by atoms with Gasteiger partial charge in [-0.3, -0.25) is 4.79 Å². The number of carbonyl (C=O) groups is 1. The minimum atomic E-state index is -0.709. The molecule has 0 aromatic carbocycles. The van der Waals surface area contributed by atoms with Gasteiger partial charge in [-0.15, -0.1) is 0 Å². The summed E-state index contributed by atoms with van der Waals surface area (Å²) in [7, 11) is 1.95. The van der Waals surface area contributed by atoms with E-state index in [0.29, 0.717) is 17.6 Å². The summed E-state index contributed by atoms with van der Waals surface area (Å²) >= 11 is 0. The standard InChI is InChI=1S/C22H23N7O2/c1-29-7-6-13-19(26-17-12-4-2-11(3-5-12)16(17)22(30)31)27-20(28-21(13)29)15-9-24-18-14(15)8-23-10-25-18/h6-12,16-17H,2-5H2,1H3,(H,30,31)(H,23,24,25)(H,26,27,28). The van der Waals surface area contributed by atoms with Crippen LogP contribution in [0.4, 0.5) is 5.82 Å². The van der Waals surface area contributed by atoms with Gasteiger partial charge in [0.15, 0.2) is 5.82 Å². The zero-order valence-electron chi connectivity index (χ0n) is 17.1. The SMILES string of the molecule is Cn1ccc2c(NC3C4CCC(CC4)C3C(=O)O)nc(-c3c[nH]c4ncncc34)nc21. The molecule has 2 unspecified atom stereocenters. The van der Waals surface area contributed by atoms with Crippen molar-refractivity contribution in [1.29, 1.82) is 0 Å². The molecule has 0 aliphatic heterocycles. The summed E-state index contributed by atoms with van der Waals surface area (Å²) in [6.45, 7) is 0. The molecule has 2 bridgehead atoms. The molecule has 4 aromatic heterocycles. The number of nitrogens with zero attached hydrogens (tertiary/aromatic N) is 5. The predicted octanol–water partition coefficient (Wildman–Crippen LogP) is 3.21. The average Bonchev–Trinajstić information content (AvgIpc) is 3.38. The molecule has 0 radical (unpaired) electrons. The highest BCUT2D eigenvalue weighted by Crippen LogP contribution is 2.46. The molecular formula is C22H23N7O2. The number of H-pyrrole nitrogens is 1. The van der Waals surface area contributed by atoms with Crippen molar-refractivity contribution in [2.24, 2.45) is 24.8 Å². The number of carboxylic acids is 1. The summed E-state index contributed by atoms with van der Waals surface area (Å²) in [4.78, 5) is 33.3. The Bertz CT molecular complexity index is 1300. The molecule has 7 rings (SSSR count). The van der Waals surface area contributed by atoms with E-state index >= 15 is 0 Å². The fourth-order valence-corrected chi connectivity index (χ4v) is 5.58. The Morgan fingerprint density at radius 1 is 1.19 bits per heavy atom. The summed E-state index contributed by atoms with van der Waals surface area (Å²) in [5.41, 5.74) is 2.35. The number of aromatic nitrogens is 6. The van der Waals surface area contributed by atoms with E-state index in [1.54, 1.807) is 6.20 Å². The molecule has 3 aliphatic carbocycles. The topological polar surface area (TPSA) is 122 Å². The van der Waals surface area contributed by atoms with Crippen LogP contribution in [0.5, 0.6) is 0 Å². The monoisotopic (exact) mass is 417 g/mol. The van der Waals surface area contributed by atoms with Crippen molar-refractivity contribution >= 4 is 33.9 Å². The molecule has 3 fully saturated rings. The summed E-state index contributed by atoms with van der Waals surface area (Å²) in [6.07, 6.45) is 11.2. The van der Waals surface area contributed by atoms with Crippen molar-refractivity contribution in [2.75, 3.05) is 5.32 Å². The van der Waals surface area contributed by atoms with Gasteiger partial charge in [-0.25, -0.2) is 19.9 Å². The van der Waals surface area contributed by atoms with Gasteiger partial charge in [0.05, 0.1) is 11.3 Å². The Morgan fingerprint density at radius 3 is 2.81 bits per heavy atom. The third-order valence-corrected chi connectivity index (χ3v) is 7.13. The number of aryl methyl sites for hydroxylation is 1. The van der Waals surface area contributed by atoms with E-state index in [-0.39, 0.29) is 17.9 Å². The van der Waals surface area contributed by atoms with Crippen LogP contribution in [-0.4, -0.2) is 46.6 Å². The summed E-state index contributed by atoms with van der Waals surface area (Å²) in [5, 5.41) is 15.3. The van der Waals surface area contributed by atoms with Crippen LogP contribution >= 0.6 is 0 Å². The largest absolute Gasteiger partial charge is 0.481 e. The van der Waals surface area contributed by atoms with Crippen LogP contribution in [0.2, 0.25) is 0 Å². The highest BCUT2D eigenvalue weighted by atomic mass is 16.4. The number of aromatic amines is 1. The maximum absolute atomic E-state index is 12.1. The van der Waals surface area contributed by atoms with Gasteiger partial charge in [0.2, 0.25) is 0 Å². The lowest BCUT2D eigenvalue weighted by Gasteiger charge is -2.47. The number of fused-ring (bicyclic) bond motifs is 5. The first-order valence-corrected chi connectivity index (χ1v) is 10.7. The Morgan fingerprint density at radius 2 is 2.00 bits per heavy atom. The van der Waals surface area contributed by atoms with Crippen LogP contribution in [0.25, 0.3) is 33.5 Å². The van der Waals surface area contributed by atoms with Gasteiger partial charge in [0, 0.05) is 42.6 Å². The Hall–Kier alpha value is -3.49. The van der Waals surface area contributed by atoms with E-state index in [1.165, 1.54) is 6.33 Å². The van der Waals surface area contributed by atoms with E-state index in [0.717, 1.165) is 53.3 Å². The smallest absolute Gasteiger partial charge is 0.308 e. The average molecular weight is 417 g/mol. The molecular weight excluding hydrogens is 394 g/mol. The second-order valence-electron chi connectivity index (χ2n) is 8.76. The van der Waals surface area contributed by atoms with Gasteiger partial charge >= 0.3 is 5.97 Å². The minimum absolute atomic E-state index is 0.123. The molecule has 4 aromatic rings. The first kappa shape index (κ1) is 18.3. The molecule has 2 atom stereocenters. The van der Waals surface area contributed by atoms with Gasteiger partial charge in [-0.1, -0.05) is 0 Å².